The average Bonchev–Trinajstić information content (AvgIpc) is 2.62. The highest BCUT2D eigenvalue weighted by molar-refractivity contribution is 5.86. The molecule has 0 amide bonds. The maximum absolute atomic E-state index is 5.98. The minimum Gasteiger partial charge on any atom is -0.460 e. The van der Waals surface area contributed by atoms with E-state index in [-0.39, 0.29) is 6.10 Å². The molecule has 0 bridgehead atoms. The van der Waals surface area contributed by atoms with Crippen molar-refractivity contribution in [2.45, 2.75) is 38.2 Å². The van der Waals surface area contributed by atoms with E-state index in [4.69, 9.17) is 4.74 Å². The summed E-state index contributed by atoms with van der Waals surface area (Å²) < 4.78 is 5.98. The summed E-state index contributed by atoms with van der Waals surface area (Å²) in [6.45, 7) is 0. The quantitative estimate of drug-likeness (QED) is 0.682. The summed E-state index contributed by atoms with van der Waals surface area (Å²) in [5.74, 6) is 0. The molecular weight excluding hydrogens is 284 g/mol. The second kappa shape index (κ2) is 6.37. The van der Waals surface area contributed by atoms with Gasteiger partial charge in [-0.05, 0) is 48.6 Å². The maximum atomic E-state index is 5.98. The van der Waals surface area contributed by atoms with Gasteiger partial charge in [0.1, 0.15) is 6.10 Å². The molecule has 2 aromatic carbocycles. The standard InChI is InChI=1S/C20H20N2O/c1-2-8-18(9-3-1)23-20-21-13-12-19(22-20)17-11-10-15-6-4-5-7-16(15)14-17/h4-7,10-14,18H,1-3,8-9H2. The predicted octanol–water partition coefficient (Wildman–Crippen LogP) is 5.01. The molecule has 0 N–H and O–H groups in total. The van der Waals surface area contributed by atoms with Crippen molar-refractivity contribution in [3.63, 3.8) is 0 Å². The third-order valence-electron chi connectivity index (χ3n) is 4.50. The van der Waals surface area contributed by atoms with Gasteiger partial charge in [-0.1, -0.05) is 42.8 Å². The normalized spacial score (nSPS) is 15.7. The van der Waals surface area contributed by atoms with Gasteiger partial charge in [0, 0.05) is 11.8 Å². The summed E-state index contributed by atoms with van der Waals surface area (Å²) in [5.41, 5.74) is 2.01. The fourth-order valence-electron chi connectivity index (χ4n) is 3.24. The molecule has 0 aliphatic heterocycles. The summed E-state index contributed by atoms with van der Waals surface area (Å²) in [6, 6.07) is 17.2. The van der Waals surface area contributed by atoms with Crippen LogP contribution in [0.5, 0.6) is 6.01 Å². The molecule has 0 unspecified atom stereocenters. The highest BCUT2D eigenvalue weighted by Gasteiger charge is 2.16. The number of hydrogen-bond donors (Lipinski definition) is 0. The number of nitrogens with zero attached hydrogens (tertiary/aromatic N) is 2. The largest absolute Gasteiger partial charge is 0.460 e. The minimum atomic E-state index is 0.274. The van der Waals surface area contributed by atoms with E-state index in [9.17, 15) is 0 Å². The lowest BCUT2D eigenvalue weighted by molar-refractivity contribution is 0.142. The summed E-state index contributed by atoms with van der Waals surface area (Å²) in [5, 5.41) is 2.46. The van der Waals surface area contributed by atoms with Gasteiger partial charge in [0.25, 0.3) is 0 Å². The molecule has 0 saturated heterocycles. The third-order valence-corrected chi connectivity index (χ3v) is 4.50. The molecule has 1 aliphatic carbocycles. The molecular formula is C20H20N2O. The summed E-state index contributed by atoms with van der Waals surface area (Å²) in [6.07, 6.45) is 8.10. The lowest BCUT2D eigenvalue weighted by atomic mass is 9.98. The van der Waals surface area contributed by atoms with Gasteiger partial charge in [-0.15, -0.1) is 0 Å². The Morgan fingerprint density at radius 1 is 0.870 bits per heavy atom. The highest BCUT2D eigenvalue weighted by Crippen LogP contribution is 2.25. The van der Waals surface area contributed by atoms with E-state index in [1.807, 2.05) is 6.07 Å². The lowest BCUT2D eigenvalue weighted by Crippen LogP contribution is -2.20. The Morgan fingerprint density at radius 3 is 2.57 bits per heavy atom. The zero-order valence-electron chi connectivity index (χ0n) is 13.1. The third kappa shape index (κ3) is 3.19. The average molecular weight is 304 g/mol. The number of hydrogen-bond acceptors (Lipinski definition) is 3. The van der Waals surface area contributed by atoms with Crippen LogP contribution in [0.2, 0.25) is 0 Å². The molecule has 3 heteroatoms. The van der Waals surface area contributed by atoms with Crippen LogP contribution < -0.4 is 4.74 Å². The SMILES string of the molecule is c1ccc2cc(-c3ccnc(OC4CCCCC4)n3)ccc2c1. The molecule has 23 heavy (non-hydrogen) atoms. The Bertz CT molecular complexity index is 809. The van der Waals surface area contributed by atoms with Crippen molar-refractivity contribution in [3.8, 4) is 17.3 Å². The van der Waals surface area contributed by atoms with Gasteiger partial charge in [-0.2, -0.15) is 4.98 Å². The summed E-state index contributed by atoms with van der Waals surface area (Å²) >= 11 is 0. The number of rotatable bonds is 3. The van der Waals surface area contributed by atoms with Gasteiger partial charge < -0.3 is 4.74 Å². The minimum absolute atomic E-state index is 0.274. The molecule has 116 valence electrons. The monoisotopic (exact) mass is 304 g/mol. The second-order valence-electron chi connectivity index (χ2n) is 6.16. The Labute approximate surface area is 136 Å². The van der Waals surface area contributed by atoms with E-state index >= 15 is 0 Å². The molecule has 1 heterocycles. The highest BCUT2D eigenvalue weighted by atomic mass is 16.5. The number of ether oxygens (including phenoxy) is 1. The molecule has 1 fully saturated rings. The van der Waals surface area contributed by atoms with Crippen LogP contribution in [0.25, 0.3) is 22.0 Å². The molecule has 3 nitrogen and oxygen atoms in total. The predicted molar refractivity (Wildman–Crippen MR) is 92.5 cm³/mol. The topological polar surface area (TPSA) is 35.0 Å². The van der Waals surface area contributed by atoms with E-state index in [1.165, 1.54) is 30.0 Å². The van der Waals surface area contributed by atoms with Crippen LogP contribution in [0, 0.1) is 0 Å². The lowest BCUT2D eigenvalue weighted by Gasteiger charge is -2.21. The van der Waals surface area contributed by atoms with Crippen molar-refractivity contribution in [1.82, 2.24) is 9.97 Å². The van der Waals surface area contributed by atoms with Crippen LogP contribution in [0.3, 0.4) is 0 Å². The van der Waals surface area contributed by atoms with Gasteiger partial charge in [0.15, 0.2) is 0 Å². The number of benzene rings is 2. The first-order valence-corrected chi connectivity index (χ1v) is 8.37. The first kappa shape index (κ1) is 14.2. The van der Waals surface area contributed by atoms with Crippen LogP contribution in [0.4, 0.5) is 0 Å². The maximum Gasteiger partial charge on any atom is 0.317 e. The number of aromatic nitrogens is 2. The van der Waals surface area contributed by atoms with Crippen LogP contribution in [-0.2, 0) is 0 Å². The Kier molecular flexibility index (Phi) is 3.93. The Morgan fingerprint density at radius 2 is 1.70 bits per heavy atom. The molecule has 0 spiro atoms. The number of fused-ring (bicyclic) bond motifs is 1. The molecule has 0 atom stereocenters. The summed E-state index contributed by atoms with van der Waals surface area (Å²) in [7, 11) is 0. The smallest absolute Gasteiger partial charge is 0.317 e. The summed E-state index contributed by atoms with van der Waals surface area (Å²) in [4.78, 5) is 8.90. The van der Waals surface area contributed by atoms with E-state index in [0.717, 1.165) is 24.1 Å². The zero-order valence-corrected chi connectivity index (χ0v) is 13.1. The van der Waals surface area contributed by atoms with Gasteiger partial charge in [-0.3, -0.25) is 0 Å². The van der Waals surface area contributed by atoms with E-state index in [1.54, 1.807) is 6.20 Å². The van der Waals surface area contributed by atoms with Crippen molar-refractivity contribution in [3.05, 3.63) is 54.7 Å². The first-order valence-electron chi connectivity index (χ1n) is 8.37. The van der Waals surface area contributed by atoms with E-state index in [0.29, 0.717) is 6.01 Å². The van der Waals surface area contributed by atoms with Crippen molar-refractivity contribution in [2.24, 2.45) is 0 Å². The van der Waals surface area contributed by atoms with Gasteiger partial charge >= 0.3 is 6.01 Å². The van der Waals surface area contributed by atoms with Gasteiger partial charge in [0.05, 0.1) is 5.69 Å². The molecule has 4 rings (SSSR count). The molecule has 1 aromatic heterocycles. The van der Waals surface area contributed by atoms with E-state index in [2.05, 4.69) is 52.4 Å². The van der Waals surface area contributed by atoms with Crippen LogP contribution in [-0.4, -0.2) is 16.1 Å². The zero-order chi connectivity index (χ0) is 15.5. The van der Waals surface area contributed by atoms with Gasteiger partial charge in [-0.25, -0.2) is 4.98 Å². The van der Waals surface area contributed by atoms with Crippen molar-refractivity contribution >= 4 is 10.8 Å². The van der Waals surface area contributed by atoms with Gasteiger partial charge in [0.2, 0.25) is 0 Å². The van der Waals surface area contributed by atoms with Crippen LogP contribution in [0.15, 0.2) is 54.7 Å². The molecule has 1 saturated carbocycles. The molecule has 3 aromatic rings. The molecule has 0 radical (unpaired) electrons. The fraction of sp³-hybridized carbons (Fsp3) is 0.300. The van der Waals surface area contributed by atoms with Crippen LogP contribution in [0.1, 0.15) is 32.1 Å². The van der Waals surface area contributed by atoms with Crippen LogP contribution >= 0.6 is 0 Å². The van der Waals surface area contributed by atoms with E-state index < -0.39 is 0 Å². The van der Waals surface area contributed by atoms with Crippen molar-refractivity contribution in [2.75, 3.05) is 0 Å². The fourth-order valence-corrected chi connectivity index (χ4v) is 3.24. The Balaban J connectivity index is 1.61. The van der Waals surface area contributed by atoms with Crippen molar-refractivity contribution in [1.29, 1.82) is 0 Å². The second-order valence-corrected chi connectivity index (χ2v) is 6.16. The molecule has 1 aliphatic rings. The van der Waals surface area contributed by atoms with Crippen molar-refractivity contribution < 1.29 is 4.74 Å². The first-order chi connectivity index (χ1) is 11.4. The Hall–Kier alpha value is -2.42.